The highest BCUT2D eigenvalue weighted by Gasteiger charge is 2.34. The predicted molar refractivity (Wildman–Crippen MR) is 115 cm³/mol. The number of rotatable bonds is 7. The third-order valence-electron chi connectivity index (χ3n) is 5.56. The first-order chi connectivity index (χ1) is 14.5. The molecule has 3 aromatic rings. The van der Waals surface area contributed by atoms with Gasteiger partial charge in [0.2, 0.25) is 0 Å². The monoisotopic (exact) mass is 408 g/mol. The number of aromatic nitrogens is 2. The zero-order valence-corrected chi connectivity index (χ0v) is 17.1. The molecule has 0 aliphatic heterocycles. The molecule has 1 atom stereocenters. The number of nitrogens with one attached hydrogen (secondary N) is 2. The van der Waals surface area contributed by atoms with E-state index in [0.29, 0.717) is 28.6 Å². The van der Waals surface area contributed by atoms with E-state index in [1.165, 1.54) is 16.8 Å². The lowest BCUT2D eigenvalue weighted by Gasteiger charge is -2.22. The van der Waals surface area contributed by atoms with Crippen LogP contribution >= 0.6 is 0 Å². The minimum absolute atomic E-state index is 0.209. The van der Waals surface area contributed by atoms with Crippen LogP contribution in [-0.2, 0) is 0 Å². The quantitative estimate of drug-likeness (QED) is 0.625. The van der Waals surface area contributed by atoms with E-state index in [0.717, 1.165) is 24.8 Å². The molecule has 1 fully saturated rings. The summed E-state index contributed by atoms with van der Waals surface area (Å²) in [6, 6.07) is 7.72. The molecule has 2 N–H and O–H groups in total. The summed E-state index contributed by atoms with van der Waals surface area (Å²) in [6.45, 7) is 4.36. The fraction of sp³-hybridized carbons (Fsp3) is 0.348. The van der Waals surface area contributed by atoms with E-state index in [-0.39, 0.29) is 29.2 Å². The van der Waals surface area contributed by atoms with E-state index in [2.05, 4.69) is 15.7 Å². The van der Waals surface area contributed by atoms with Crippen LogP contribution in [0.25, 0.3) is 10.8 Å². The summed E-state index contributed by atoms with van der Waals surface area (Å²) in [6.07, 6.45) is 5.91. The van der Waals surface area contributed by atoms with Gasteiger partial charge in [-0.1, -0.05) is 19.1 Å². The number of fused-ring (bicyclic) bond motifs is 1. The fourth-order valence-corrected chi connectivity index (χ4v) is 3.88. The van der Waals surface area contributed by atoms with Crippen LogP contribution in [0.3, 0.4) is 0 Å². The van der Waals surface area contributed by atoms with E-state index in [1.54, 1.807) is 31.5 Å². The standard InChI is InChI=1S/C23H25FN4O2/c1-3-10-26-28-14(2)20(19-13-25-11-9-18(19)23(28)30)22(29)27-21(15-7-8-15)16-5-4-6-17(24)12-16/h4-6,9,11-13,15,21,26H,3,7-8,10H2,1-2H3,(H,27,29). The molecule has 1 aliphatic rings. The second-order valence-electron chi connectivity index (χ2n) is 7.77. The van der Waals surface area contributed by atoms with E-state index in [1.807, 2.05) is 13.0 Å². The van der Waals surface area contributed by atoms with Gasteiger partial charge in [-0.25, -0.2) is 9.07 Å². The molecule has 1 unspecified atom stereocenters. The Morgan fingerprint density at radius 2 is 2.10 bits per heavy atom. The molecule has 0 radical (unpaired) electrons. The van der Waals surface area contributed by atoms with Gasteiger partial charge in [-0.05, 0) is 55.9 Å². The SMILES string of the molecule is CCCNn1c(C)c(C(=O)NC(c2cccc(F)c2)C2CC2)c2cnccc2c1=O. The van der Waals surface area contributed by atoms with Crippen LogP contribution in [0.15, 0.2) is 47.5 Å². The zero-order valence-electron chi connectivity index (χ0n) is 17.1. The van der Waals surface area contributed by atoms with Gasteiger partial charge in [-0.2, -0.15) is 0 Å². The number of nitrogens with zero attached hydrogens (tertiary/aromatic N) is 2. The molecule has 1 aromatic carbocycles. The molecule has 1 saturated carbocycles. The van der Waals surface area contributed by atoms with Crippen molar-refractivity contribution in [3.05, 3.63) is 75.7 Å². The van der Waals surface area contributed by atoms with E-state index < -0.39 is 0 Å². The number of carbonyl (C=O) groups is 1. The largest absolute Gasteiger partial charge is 0.345 e. The third-order valence-corrected chi connectivity index (χ3v) is 5.56. The Labute approximate surface area is 174 Å². The van der Waals surface area contributed by atoms with Gasteiger partial charge in [-0.3, -0.25) is 14.6 Å². The van der Waals surface area contributed by atoms with Crippen molar-refractivity contribution in [3.63, 3.8) is 0 Å². The highest BCUT2D eigenvalue weighted by Crippen LogP contribution is 2.41. The topological polar surface area (TPSA) is 76.0 Å². The van der Waals surface area contributed by atoms with Crippen molar-refractivity contribution < 1.29 is 9.18 Å². The van der Waals surface area contributed by atoms with Crippen molar-refractivity contribution in [3.8, 4) is 0 Å². The van der Waals surface area contributed by atoms with Crippen molar-refractivity contribution in [1.29, 1.82) is 0 Å². The lowest BCUT2D eigenvalue weighted by Crippen LogP contribution is -2.36. The summed E-state index contributed by atoms with van der Waals surface area (Å²) in [7, 11) is 0. The van der Waals surface area contributed by atoms with Crippen LogP contribution in [0, 0.1) is 18.7 Å². The number of carbonyl (C=O) groups excluding carboxylic acids is 1. The minimum Gasteiger partial charge on any atom is -0.345 e. The van der Waals surface area contributed by atoms with E-state index in [4.69, 9.17) is 0 Å². The minimum atomic E-state index is -0.324. The van der Waals surface area contributed by atoms with Gasteiger partial charge in [0, 0.05) is 24.3 Å². The summed E-state index contributed by atoms with van der Waals surface area (Å²) >= 11 is 0. The first kappa shape index (κ1) is 20.1. The predicted octanol–water partition coefficient (Wildman–Crippen LogP) is 3.68. The molecule has 2 aromatic heterocycles. The number of benzene rings is 1. The Kier molecular flexibility index (Phi) is 5.53. The van der Waals surface area contributed by atoms with Gasteiger partial charge in [0.25, 0.3) is 11.5 Å². The van der Waals surface area contributed by atoms with Gasteiger partial charge in [0.1, 0.15) is 5.82 Å². The van der Waals surface area contributed by atoms with E-state index >= 15 is 0 Å². The number of hydrogen-bond acceptors (Lipinski definition) is 4. The second-order valence-corrected chi connectivity index (χ2v) is 7.77. The maximum atomic E-state index is 13.8. The molecular weight excluding hydrogens is 383 g/mol. The Balaban J connectivity index is 1.78. The Bertz CT molecular complexity index is 1150. The molecule has 30 heavy (non-hydrogen) atoms. The van der Waals surface area contributed by atoms with Crippen LogP contribution in [0.2, 0.25) is 0 Å². The number of hydrogen-bond donors (Lipinski definition) is 2. The van der Waals surface area contributed by atoms with Crippen LogP contribution in [0.5, 0.6) is 0 Å². The lowest BCUT2D eigenvalue weighted by atomic mass is 10.00. The normalized spacial score (nSPS) is 14.5. The Hall–Kier alpha value is -3.22. The highest BCUT2D eigenvalue weighted by atomic mass is 19.1. The number of pyridine rings is 2. The van der Waals surface area contributed by atoms with E-state index in [9.17, 15) is 14.0 Å². The van der Waals surface area contributed by atoms with Crippen molar-refractivity contribution >= 4 is 16.7 Å². The van der Waals surface area contributed by atoms with Gasteiger partial charge < -0.3 is 10.7 Å². The fourth-order valence-electron chi connectivity index (χ4n) is 3.88. The molecule has 2 heterocycles. The first-order valence-electron chi connectivity index (χ1n) is 10.3. The molecule has 4 rings (SSSR count). The molecule has 0 saturated heterocycles. The third kappa shape index (κ3) is 3.79. The van der Waals surface area contributed by atoms with Gasteiger partial charge in [0.15, 0.2) is 0 Å². The Morgan fingerprint density at radius 3 is 2.80 bits per heavy atom. The van der Waals surface area contributed by atoms with Crippen LogP contribution in [0.4, 0.5) is 4.39 Å². The highest BCUT2D eigenvalue weighted by molar-refractivity contribution is 6.07. The van der Waals surface area contributed by atoms with Crippen molar-refractivity contribution in [2.75, 3.05) is 12.0 Å². The van der Waals surface area contributed by atoms with Crippen molar-refractivity contribution in [2.24, 2.45) is 5.92 Å². The van der Waals surface area contributed by atoms with Gasteiger partial charge >= 0.3 is 0 Å². The number of halogens is 1. The molecule has 1 amide bonds. The summed E-state index contributed by atoms with van der Waals surface area (Å²) in [5.41, 5.74) is 4.58. The maximum Gasteiger partial charge on any atom is 0.277 e. The molecule has 0 spiro atoms. The zero-order chi connectivity index (χ0) is 21.3. The average molecular weight is 408 g/mol. The van der Waals surface area contributed by atoms with Crippen molar-refractivity contribution in [1.82, 2.24) is 15.0 Å². The Morgan fingerprint density at radius 1 is 1.30 bits per heavy atom. The molecule has 7 heteroatoms. The maximum absolute atomic E-state index is 13.8. The molecule has 156 valence electrons. The second kappa shape index (κ2) is 8.26. The number of amides is 1. The molecule has 1 aliphatic carbocycles. The average Bonchev–Trinajstić information content (AvgIpc) is 3.57. The summed E-state index contributed by atoms with van der Waals surface area (Å²) < 4.78 is 15.2. The van der Waals surface area contributed by atoms with Crippen LogP contribution < -0.4 is 16.3 Å². The van der Waals surface area contributed by atoms with Gasteiger partial charge in [-0.15, -0.1) is 0 Å². The smallest absolute Gasteiger partial charge is 0.277 e. The summed E-state index contributed by atoms with van der Waals surface area (Å²) in [5, 5.41) is 4.04. The molecule has 0 bridgehead atoms. The molecular formula is C23H25FN4O2. The van der Waals surface area contributed by atoms with Gasteiger partial charge in [0.05, 0.1) is 22.7 Å². The summed E-state index contributed by atoms with van der Waals surface area (Å²) in [5.74, 6) is -0.334. The summed E-state index contributed by atoms with van der Waals surface area (Å²) in [4.78, 5) is 30.5. The lowest BCUT2D eigenvalue weighted by molar-refractivity contribution is 0.0932. The first-order valence-corrected chi connectivity index (χ1v) is 10.3. The van der Waals surface area contributed by atoms with Crippen LogP contribution in [0.1, 0.15) is 53.8 Å². The van der Waals surface area contributed by atoms with Crippen LogP contribution in [-0.4, -0.2) is 22.1 Å². The van der Waals surface area contributed by atoms with Crippen molar-refractivity contribution in [2.45, 2.75) is 39.2 Å². The molecule has 6 nitrogen and oxygen atoms in total.